The van der Waals surface area contributed by atoms with Crippen molar-refractivity contribution in [1.29, 1.82) is 0 Å². The van der Waals surface area contributed by atoms with Gasteiger partial charge >= 0.3 is 6.18 Å². The second-order valence-electron chi connectivity index (χ2n) is 7.34. The maximum atomic E-state index is 12.9. The first-order valence-corrected chi connectivity index (χ1v) is 9.84. The van der Waals surface area contributed by atoms with Gasteiger partial charge in [0.1, 0.15) is 6.61 Å². The predicted molar refractivity (Wildman–Crippen MR) is 116 cm³/mol. The van der Waals surface area contributed by atoms with Crippen molar-refractivity contribution in [3.8, 4) is 11.5 Å². The maximum absolute atomic E-state index is 12.9. The Balaban J connectivity index is 1.57. The highest BCUT2D eigenvalue weighted by molar-refractivity contribution is 6.35. The van der Waals surface area contributed by atoms with Crippen LogP contribution >= 0.6 is 0 Å². The maximum Gasteiger partial charge on any atom is 0.416 e. The Bertz CT molecular complexity index is 1200. The summed E-state index contributed by atoms with van der Waals surface area (Å²) in [4.78, 5) is 14.3. The molecule has 32 heavy (non-hydrogen) atoms. The van der Waals surface area contributed by atoms with E-state index in [9.17, 15) is 18.0 Å². The van der Waals surface area contributed by atoms with E-state index >= 15 is 0 Å². The molecule has 1 heterocycles. The third kappa shape index (κ3) is 4.19. The van der Waals surface area contributed by atoms with Crippen LogP contribution in [0, 0.1) is 0 Å². The molecule has 0 N–H and O–H groups in total. The van der Waals surface area contributed by atoms with E-state index in [1.165, 1.54) is 13.2 Å². The highest BCUT2D eigenvalue weighted by atomic mass is 19.4. The lowest BCUT2D eigenvalue weighted by Gasteiger charge is -2.13. The summed E-state index contributed by atoms with van der Waals surface area (Å²) < 4.78 is 49.9. The Kier molecular flexibility index (Phi) is 5.65. The van der Waals surface area contributed by atoms with Crippen LogP contribution in [-0.4, -0.2) is 20.1 Å². The lowest BCUT2D eigenvalue weighted by Crippen LogP contribution is -2.20. The third-order valence-electron chi connectivity index (χ3n) is 5.24. The zero-order valence-corrected chi connectivity index (χ0v) is 17.4. The van der Waals surface area contributed by atoms with Crippen LogP contribution in [0.15, 0.2) is 66.7 Å². The number of fused-ring (bicyclic) bond motifs is 1. The molecule has 1 aliphatic heterocycles. The highest BCUT2D eigenvalue weighted by Gasteiger charge is 2.30. The highest BCUT2D eigenvalue weighted by Crippen LogP contribution is 2.38. The number of ether oxygens (including phenoxy) is 2. The number of methoxy groups -OCH3 is 1. The van der Waals surface area contributed by atoms with Crippen LogP contribution in [0.3, 0.4) is 0 Å². The van der Waals surface area contributed by atoms with Gasteiger partial charge in [0.15, 0.2) is 11.5 Å². The van der Waals surface area contributed by atoms with Crippen molar-refractivity contribution in [2.45, 2.75) is 12.8 Å². The largest absolute Gasteiger partial charge is 0.493 e. The minimum absolute atomic E-state index is 0.0443. The van der Waals surface area contributed by atoms with Crippen molar-refractivity contribution in [3.05, 3.63) is 89.0 Å². The van der Waals surface area contributed by atoms with Crippen LogP contribution in [0.5, 0.6) is 11.5 Å². The average Bonchev–Trinajstić information content (AvgIpc) is 3.02. The SMILES string of the molecule is COc1cc(C=C2C(=O)N(C)c3ccccc32)ccc1OCc1cccc(C(F)(F)F)c1. The zero-order chi connectivity index (χ0) is 22.9. The molecule has 0 saturated carbocycles. The van der Waals surface area contributed by atoms with E-state index in [-0.39, 0.29) is 12.5 Å². The minimum Gasteiger partial charge on any atom is -0.493 e. The van der Waals surface area contributed by atoms with E-state index < -0.39 is 11.7 Å². The number of anilines is 1. The number of para-hydroxylation sites is 1. The fourth-order valence-electron chi connectivity index (χ4n) is 3.60. The van der Waals surface area contributed by atoms with Crippen LogP contribution < -0.4 is 14.4 Å². The standard InChI is InChI=1S/C25H20F3NO3/c1-29-21-9-4-3-8-19(21)20(24(29)30)13-16-10-11-22(23(14-16)31-2)32-15-17-6-5-7-18(12-17)25(26,27)28/h3-14H,15H2,1-2H3. The molecule has 0 aliphatic carbocycles. The quantitative estimate of drug-likeness (QED) is 0.471. The van der Waals surface area contributed by atoms with Crippen molar-refractivity contribution in [2.75, 3.05) is 19.1 Å². The van der Waals surface area contributed by atoms with E-state index in [1.807, 2.05) is 24.3 Å². The van der Waals surface area contributed by atoms with Gasteiger partial charge in [0.2, 0.25) is 0 Å². The van der Waals surface area contributed by atoms with Gasteiger partial charge in [0.25, 0.3) is 5.91 Å². The van der Waals surface area contributed by atoms with E-state index in [2.05, 4.69) is 0 Å². The summed E-state index contributed by atoms with van der Waals surface area (Å²) in [6, 6.07) is 17.7. The van der Waals surface area contributed by atoms with Gasteiger partial charge in [-0.3, -0.25) is 4.79 Å². The number of carbonyl (C=O) groups excluding carboxylic acids is 1. The van der Waals surface area contributed by atoms with Crippen molar-refractivity contribution in [1.82, 2.24) is 0 Å². The number of amides is 1. The third-order valence-corrected chi connectivity index (χ3v) is 5.24. The summed E-state index contributed by atoms with van der Waals surface area (Å²) in [5.74, 6) is 0.704. The summed E-state index contributed by atoms with van der Waals surface area (Å²) in [6.45, 7) is -0.0443. The summed E-state index contributed by atoms with van der Waals surface area (Å²) in [7, 11) is 3.21. The first-order chi connectivity index (χ1) is 15.3. The summed E-state index contributed by atoms with van der Waals surface area (Å²) >= 11 is 0. The van der Waals surface area contributed by atoms with Crippen LogP contribution in [-0.2, 0) is 17.6 Å². The Morgan fingerprint density at radius 3 is 2.50 bits per heavy atom. The van der Waals surface area contributed by atoms with Gasteiger partial charge in [-0.2, -0.15) is 13.2 Å². The number of alkyl halides is 3. The number of halogens is 3. The normalized spacial score (nSPS) is 14.6. The number of hydrogen-bond donors (Lipinski definition) is 0. The number of carbonyl (C=O) groups is 1. The van der Waals surface area contributed by atoms with Gasteiger partial charge in [-0.1, -0.05) is 36.4 Å². The van der Waals surface area contributed by atoms with Gasteiger partial charge in [-0.15, -0.1) is 0 Å². The molecule has 0 radical (unpaired) electrons. The number of rotatable bonds is 5. The molecule has 0 spiro atoms. The predicted octanol–water partition coefficient (Wildman–Crippen LogP) is 5.81. The molecule has 7 heteroatoms. The molecule has 0 unspecified atom stereocenters. The minimum atomic E-state index is -4.41. The fourth-order valence-corrected chi connectivity index (χ4v) is 3.60. The van der Waals surface area contributed by atoms with Gasteiger partial charge in [0, 0.05) is 18.2 Å². The van der Waals surface area contributed by atoms with Gasteiger partial charge in [0.05, 0.1) is 18.4 Å². The Morgan fingerprint density at radius 2 is 1.75 bits per heavy atom. The van der Waals surface area contributed by atoms with Crippen LogP contribution in [0.2, 0.25) is 0 Å². The van der Waals surface area contributed by atoms with Gasteiger partial charge < -0.3 is 14.4 Å². The second kappa shape index (κ2) is 8.42. The smallest absolute Gasteiger partial charge is 0.416 e. The van der Waals surface area contributed by atoms with E-state index in [4.69, 9.17) is 9.47 Å². The Morgan fingerprint density at radius 1 is 0.969 bits per heavy atom. The lowest BCUT2D eigenvalue weighted by atomic mass is 10.0. The summed E-state index contributed by atoms with van der Waals surface area (Å²) in [6.07, 6.45) is -2.63. The summed E-state index contributed by atoms with van der Waals surface area (Å²) in [5, 5.41) is 0. The van der Waals surface area contributed by atoms with Gasteiger partial charge in [-0.05, 0) is 47.5 Å². The molecule has 1 aliphatic rings. The topological polar surface area (TPSA) is 38.8 Å². The average molecular weight is 439 g/mol. The molecular formula is C25H20F3NO3. The molecule has 4 nitrogen and oxygen atoms in total. The number of hydrogen-bond acceptors (Lipinski definition) is 3. The number of benzene rings is 3. The molecule has 3 aromatic carbocycles. The molecule has 0 aromatic heterocycles. The molecule has 3 aromatic rings. The van der Waals surface area contributed by atoms with E-state index in [1.54, 1.807) is 42.3 Å². The number of likely N-dealkylation sites (N-methyl/N-ethyl adjacent to an activating group) is 1. The van der Waals surface area contributed by atoms with Crippen LogP contribution in [0.4, 0.5) is 18.9 Å². The van der Waals surface area contributed by atoms with Gasteiger partial charge in [-0.25, -0.2) is 0 Å². The van der Waals surface area contributed by atoms with Crippen molar-refractivity contribution < 1.29 is 27.4 Å². The molecule has 4 rings (SSSR count). The second-order valence-corrected chi connectivity index (χ2v) is 7.34. The van der Waals surface area contributed by atoms with E-state index in [0.717, 1.165) is 28.9 Å². The van der Waals surface area contributed by atoms with Crippen molar-refractivity contribution in [3.63, 3.8) is 0 Å². The van der Waals surface area contributed by atoms with E-state index in [0.29, 0.717) is 22.6 Å². The number of nitrogens with zero attached hydrogens (tertiary/aromatic N) is 1. The molecule has 1 amide bonds. The molecule has 0 fully saturated rings. The molecular weight excluding hydrogens is 419 g/mol. The first-order valence-electron chi connectivity index (χ1n) is 9.84. The van der Waals surface area contributed by atoms with Crippen molar-refractivity contribution >= 4 is 23.2 Å². The van der Waals surface area contributed by atoms with Crippen LogP contribution in [0.25, 0.3) is 11.6 Å². The zero-order valence-electron chi connectivity index (χ0n) is 17.4. The fraction of sp³-hybridized carbons (Fsp3) is 0.160. The monoisotopic (exact) mass is 439 g/mol. The molecule has 164 valence electrons. The molecule has 0 saturated heterocycles. The first kappa shape index (κ1) is 21.5. The molecule has 0 bridgehead atoms. The Hall–Kier alpha value is -3.74. The summed E-state index contributed by atoms with van der Waals surface area (Å²) in [5.41, 5.74) is 2.67. The Labute approximate surface area is 183 Å². The van der Waals surface area contributed by atoms with Crippen LogP contribution in [0.1, 0.15) is 22.3 Å². The lowest BCUT2D eigenvalue weighted by molar-refractivity contribution is -0.137. The molecule has 0 atom stereocenters. The van der Waals surface area contributed by atoms with Crippen molar-refractivity contribution in [2.24, 2.45) is 0 Å².